The lowest BCUT2D eigenvalue weighted by atomic mass is 9.95. The second kappa shape index (κ2) is 15.1. The zero-order valence-corrected chi connectivity index (χ0v) is 28.3. The average molecular weight is 685 g/mol. The molecule has 2 amide bonds. The number of hydrogen-bond donors (Lipinski definition) is 1. The predicted molar refractivity (Wildman–Crippen MR) is 177 cm³/mol. The van der Waals surface area contributed by atoms with Crippen LogP contribution in [0.25, 0.3) is 0 Å². The molecule has 3 aromatic rings. The van der Waals surface area contributed by atoms with Gasteiger partial charge in [0.2, 0.25) is 11.8 Å². The van der Waals surface area contributed by atoms with Crippen LogP contribution in [0.3, 0.4) is 0 Å². The van der Waals surface area contributed by atoms with Crippen LogP contribution in [0, 0.1) is 13.8 Å². The normalized spacial score (nSPS) is 14.5. The van der Waals surface area contributed by atoms with Crippen molar-refractivity contribution in [1.82, 2.24) is 10.2 Å². The summed E-state index contributed by atoms with van der Waals surface area (Å²) in [6, 6.07) is 18.6. The highest BCUT2D eigenvalue weighted by atomic mass is 79.9. The molecule has 1 atom stereocenters. The number of rotatable bonds is 12. The van der Waals surface area contributed by atoms with Crippen LogP contribution in [-0.2, 0) is 26.2 Å². The van der Waals surface area contributed by atoms with Crippen LogP contribution < -0.4 is 14.4 Å². The molecule has 0 aromatic heterocycles. The highest BCUT2D eigenvalue weighted by Gasteiger charge is 2.34. The summed E-state index contributed by atoms with van der Waals surface area (Å²) in [7, 11) is -2.69. The average Bonchev–Trinajstić information content (AvgIpc) is 3.01. The Morgan fingerprint density at radius 1 is 0.955 bits per heavy atom. The highest BCUT2D eigenvalue weighted by Crippen LogP contribution is 2.31. The zero-order chi connectivity index (χ0) is 31.9. The molecular weight excluding hydrogens is 642 g/mol. The number of methoxy groups -OCH3 is 1. The molecule has 1 unspecified atom stereocenters. The number of ether oxygens (including phenoxy) is 1. The number of nitrogens with one attached hydrogen (secondary N) is 1. The number of sulfonamides is 1. The number of amides is 2. The molecule has 8 nitrogen and oxygen atoms in total. The van der Waals surface area contributed by atoms with Crippen molar-refractivity contribution in [2.45, 2.75) is 82.8 Å². The first-order chi connectivity index (χ1) is 21.0. The van der Waals surface area contributed by atoms with Gasteiger partial charge in [-0.3, -0.25) is 13.9 Å². The maximum atomic E-state index is 14.3. The third-order valence-corrected chi connectivity index (χ3v) is 10.5. The Morgan fingerprint density at radius 2 is 1.57 bits per heavy atom. The Hall–Kier alpha value is -3.37. The molecule has 0 aliphatic heterocycles. The molecule has 4 rings (SSSR count). The molecule has 1 fully saturated rings. The minimum Gasteiger partial charge on any atom is -0.496 e. The molecule has 1 aliphatic rings. The maximum Gasteiger partial charge on any atom is 0.264 e. The summed E-state index contributed by atoms with van der Waals surface area (Å²) in [4.78, 5) is 29.5. The lowest BCUT2D eigenvalue weighted by molar-refractivity contribution is -0.140. The zero-order valence-electron chi connectivity index (χ0n) is 25.9. The van der Waals surface area contributed by atoms with Crippen LogP contribution in [0.15, 0.2) is 76.1 Å². The van der Waals surface area contributed by atoms with Gasteiger partial charge in [-0.1, -0.05) is 73.7 Å². The molecule has 0 radical (unpaired) electrons. The van der Waals surface area contributed by atoms with E-state index in [1.54, 1.807) is 18.2 Å². The summed E-state index contributed by atoms with van der Waals surface area (Å²) in [6.45, 7) is 5.47. The predicted octanol–water partition coefficient (Wildman–Crippen LogP) is 6.53. The number of carbonyl (C=O) groups excluding carboxylic acids is 2. The Morgan fingerprint density at radius 3 is 2.14 bits per heavy atom. The van der Waals surface area contributed by atoms with Crippen molar-refractivity contribution in [2.24, 2.45) is 0 Å². The van der Waals surface area contributed by atoms with Crippen molar-refractivity contribution in [3.63, 3.8) is 0 Å². The molecule has 44 heavy (non-hydrogen) atoms. The van der Waals surface area contributed by atoms with E-state index >= 15 is 0 Å². The van der Waals surface area contributed by atoms with E-state index in [9.17, 15) is 18.0 Å². The molecule has 3 aromatic carbocycles. The monoisotopic (exact) mass is 683 g/mol. The van der Waals surface area contributed by atoms with Crippen molar-refractivity contribution in [3.8, 4) is 5.75 Å². The van der Waals surface area contributed by atoms with Gasteiger partial charge in [0.25, 0.3) is 10.0 Å². The number of aryl methyl sites for hydroxylation is 2. The molecule has 1 N–H and O–H groups in total. The first-order valence-electron chi connectivity index (χ1n) is 15.1. The van der Waals surface area contributed by atoms with Crippen LogP contribution in [0.4, 0.5) is 5.69 Å². The molecule has 0 bridgehead atoms. The Bertz CT molecular complexity index is 1540. The molecule has 0 saturated heterocycles. The van der Waals surface area contributed by atoms with Crippen molar-refractivity contribution >= 4 is 43.5 Å². The number of hydrogen-bond acceptors (Lipinski definition) is 5. The second-order valence-corrected chi connectivity index (χ2v) is 14.1. The number of carbonyl (C=O) groups is 2. The molecule has 1 saturated carbocycles. The Labute approximate surface area is 270 Å². The van der Waals surface area contributed by atoms with Gasteiger partial charge < -0.3 is 15.0 Å². The minimum absolute atomic E-state index is 0.00529. The summed E-state index contributed by atoms with van der Waals surface area (Å²) >= 11 is 3.39. The summed E-state index contributed by atoms with van der Waals surface area (Å²) in [6.07, 6.45) is 5.53. The topological polar surface area (TPSA) is 96.0 Å². The van der Waals surface area contributed by atoms with Crippen molar-refractivity contribution in [2.75, 3.05) is 18.0 Å². The summed E-state index contributed by atoms with van der Waals surface area (Å²) < 4.78 is 35.2. The van der Waals surface area contributed by atoms with Gasteiger partial charge in [-0.05, 0) is 84.9 Å². The van der Waals surface area contributed by atoms with Crippen molar-refractivity contribution in [3.05, 3.63) is 87.9 Å². The van der Waals surface area contributed by atoms with Crippen molar-refractivity contribution < 1.29 is 22.7 Å². The van der Waals surface area contributed by atoms with E-state index in [-0.39, 0.29) is 23.4 Å². The summed E-state index contributed by atoms with van der Waals surface area (Å²) in [5.41, 5.74) is 3.25. The van der Waals surface area contributed by atoms with Gasteiger partial charge in [-0.25, -0.2) is 8.42 Å². The van der Waals surface area contributed by atoms with Gasteiger partial charge in [-0.2, -0.15) is 0 Å². The van der Waals surface area contributed by atoms with Crippen LogP contribution in [0.2, 0.25) is 0 Å². The number of anilines is 1. The first kappa shape index (κ1) is 33.5. The van der Waals surface area contributed by atoms with Crippen LogP contribution in [0.1, 0.15) is 62.1 Å². The third-order valence-electron chi connectivity index (χ3n) is 8.12. The van der Waals surface area contributed by atoms with E-state index in [4.69, 9.17) is 4.74 Å². The summed E-state index contributed by atoms with van der Waals surface area (Å²) in [5, 5.41) is 3.18. The van der Waals surface area contributed by atoms with Crippen LogP contribution >= 0.6 is 15.9 Å². The molecule has 1 aliphatic carbocycles. The fourth-order valence-electron chi connectivity index (χ4n) is 5.53. The third kappa shape index (κ3) is 8.21. The van der Waals surface area contributed by atoms with Gasteiger partial charge in [0.05, 0.1) is 22.2 Å². The van der Waals surface area contributed by atoms with Crippen molar-refractivity contribution in [1.29, 1.82) is 0 Å². The number of halogens is 1. The summed E-state index contributed by atoms with van der Waals surface area (Å²) in [5.74, 6) is -0.183. The SMILES string of the molecule is CCC(C(=O)NC1CCCCC1)N(Cc1ccc(C)cc1)C(=O)CN(c1ccc(C)cc1)S(=O)(=O)c1ccc(OC)c(Br)c1. The lowest BCUT2D eigenvalue weighted by Gasteiger charge is -2.34. The van der Waals surface area contributed by atoms with E-state index < -0.39 is 28.5 Å². The van der Waals surface area contributed by atoms with Gasteiger partial charge in [0, 0.05) is 12.6 Å². The molecule has 0 spiro atoms. The highest BCUT2D eigenvalue weighted by molar-refractivity contribution is 9.10. The molecular formula is C34H42BrN3O5S. The van der Waals surface area contributed by atoms with Gasteiger partial charge in [0.1, 0.15) is 18.3 Å². The van der Waals surface area contributed by atoms with E-state index in [1.165, 1.54) is 24.1 Å². The maximum absolute atomic E-state index is 14.3. The second-order valence-electron chi connectivity index (χ2n) is 11.4. The van der Waals surface area contributed by atoms with Gasteiger partial charge in [-0.15, -0.1) is 0 Å². The number of nitrogens with zero attached hydrogens (tertiary/aromatic N) is 2. The Balaban J connectivity index is 1.71. The molecule has 0 heterocycles. The quantitative estimate of drug-likeness (QED) is 0.234. The fourth-order valence-corrected chi connectivity index (χ4v) is 7.66. The lowest BCUT2D eigenvalue weighted by Crippen LogP contribution is -2.54. The van der Waals surface area contributed by atoms with E-state index in [0.717, 1.165) is 53.1 Å². The largest absolute Gasteiger partial charge is 0.496 e. The Kier molecular flexibility index (Phi) is 11.5. The van der Waals surface area contributed by atoms with Gasteiger partial charge in [0.15, 0.2) is 0 Å². The first-order valence-corrected chi connectivity index (χ1v) is 17.3. The number of benzene rings is 3. The van der Waals surface area contributed by atoms with Crippen LogP contribution in [-0.4, -0.2) is 50.9 Å². The fraction of sp³-hybridized carbons (Fsp3) is 0.412. The molecule has 10 heteroatoms. The van der Waals surface area contributed by atoms with E-state index in [0.29, 0.717) is 22.3 Å². The smallest absolute Gasteiger partial charge is 0.264 e. The van der Waals surface area contributed by atoms with E-state index in [2.05, 4.69) is 21.2 Å². The molecule has 236 valence electrons. The van der Waals surface area contributed by atoms with Gasteiger partial charge >= 0.3 is 0 Å². The van der Waals surface area contributed by atoms with Crippen LogP contribution in [0.5, 0.6) is 5.75 Å². The standard InChI is InChI=1S/C34H42BrN3O5S/c1-5-31(34(40)36-27-9-7-6-8-10-27)37(22-26-15-11-24(2)12-16-26)33(39)23-38(28-17-13-25(3)14-18-28)44(41,42)29-19-20-32(43-4)30(35)21-29/h11-21,27,31H,5-10,22-23H2,1-4H3,(H,36,40). The minimum atomic E-state index is -4.20. The van der Waals surface area contributed by atoms with E-state index in [1.807, 2.05) is 57.2 Å².